The van der Waals surface area contributed by atoms with Gasteiger partial charge >= 0.3 is 0 Å². The van der Waals surface area contributed by atoms with Gasteiger partial charge in [0.15, 0.2) is 0 Å². The normalized spacial score (nSPS) is 28.7. The van der Waals surface area contributed by atoms with Crippen molar-refractivity contribution < 1.29 is 14.0 Å². The molecule has 1 aromatic rings. The molecular formula is C13H21N3O3. The van der Waals surface area contributed by atoms with E-state index in [0.29, 0.717) is 37.5 Å². The van der Waals surface area contributed by atoms with Crippen LogP contribution in [-0.4, -0.2) is 43.1 Å². The molecule has 2 aliphatic rings. The van der Waals surface area contributed by atoms with Gasteiger partial charge in [-0.25, -0.2) is 0 Å². The van der Waals surface area contributed by atoms with Crippen molar-refractivity contribution in [3.05, 3.63) is 11.7 Å². The molecule has 2 fully saturated rings. The van der Waals surface area contributed by atoms with E-state index in [9.17, 15) is 0 Å². The van der Waals surface area contributed by atoms with Crippen LogP contribution in [0.4, 0.5) is 0 Å². The predicted molar refractivity (Wildman–Crippen MR) is 67.8 cm³/mol. The highest BCUT2D eigenvalue weighted by atomic mass is 16.5. The molecule has 2 heterocycles. The zero-order valence-electron chi connectivity index (χ0n) is 11.5. The summed E-state index contributed by atoms with van der Waals surface area (Å²) < 4.78 is 16.6. The molecule has 1 N–H and O–H groups in total. The zero-order valence-corrected chi connectivity index (χ0v) is 11.5. The van der Waals surface area contributed by atoms with Gasteiger partial charge in [0.25, 0.3) is 0 Å². The molecule has 3 atom stereocenters. The van der Waals surface area contributed by atoms with E-state index in [-0.39, 0.29) is 18.1 Å². The van der Waals surface area contributed by atoms with E-state index in [2.05, 4.69) is 15.5 Å². The third-order valence-electron chi connectivity index (χ3n) is 3.88. The van der Waals surface area contributed by atoms with Gasteiger partial charge in [-0.1, -0.05) is 5.16 Å². The Labute approximate surface area is 112 Å². The number of ether oxygens (including phenoxy) is 2. The molecular weight excluding hydrogens is 246 g/mol. The third-order valence-corrected chi connectivity index (χ3v) is 3.88. The highest BCUT2D eigenvalue weighted by Crippen LogP contribution is 2.42. The third kappa shape index (κ3) is 2.66. The Kier molecular flexibility index (Phi) is 3.81. The van der Waals surface area contributed by atoms with Crippen LogP contribution in [-0.2, 0) is 9.47 Å². The summed E-state index contributed by atoms with van der Waals surface area (Å²) in [6.07, 6.45) is 2.39. The number of likely N-dealkylation sites (N-methyl/N-ethyl adjacent to an activating group) is 1. The first kappa shape index (κ1) is 13.0. The topological polar surface area (TPSA) is 69.4 Å². The van der Waals surface area contributed by atoms with Crippen LogP contribution in [0.15, 0.2) is 4.52 Å². The van der Waals surface area contributed by atoms with Crippen molar-refractivity contribution in [3.63, 3.8) is 0 Å². The van der Waals surface area contributed by atoms with E-state index < -0.39 is 0 Å². The summed E-state index contributed by atoms with van der Waals surface area (Å²) in [5.41, 5.74) is 0. The lowest BCUT2D eigenvalue weighted by Crippen LogP contribution is -2.31. The monoisotopic (exact) mass is 267 g/mol. The van der Waals surface area contributed by atoms with Gasteiger partial charge in [0.2, 0.25) is 11.7 Å². The fourth-order valence-electron chi connectivity index (χ4n) is 2.60. The van der Waals surface area contributed by atoms with Gasteiger partial charge in [-0.2, -0.15) is 4.98 Å². The molecule has 0 spiro atoms. The van der Waals surface area contributed by atoms with Crippen LogP contribution in [0.3, 0.4) is 0 Å². The standard InChI is InChI=1S/C13H21N3O3/c1-3-18-11(8-4-5-8)12-15-13(19-16-12)9-6-17-7-10(9)14-2/h8-11,14H,3-7H2,1-2H3. The second-order valence-electron chi connectivity index (χ2n) is 5.24. The Morgan fingerprint density at radius 1 is 1.42 bits per heavy atom. The average Bonchev–Trinajstić information content (AvgIpc) is 2.96. The minimum atomic E-state index is -0.00198. The van der Waals surface area contributed by atoms with Crippen molar-refractivity contribution in [3.8, 4) is 0 Å². The first-order chi connectivity index (χ1) is 9.33. The first-order valence-electron chi connectivity index (χ1n) is 7.03. The minimum Gasteiger partial charge on any atom is -0.379 e. The summed E-state index contributed by atoms with van der Waals surface area (Å²) >= 11 is 0. The number of hydrogen-bond donors (Lipinski definition) is 1. The van der Waals surface area contributed by atoms with Crippen LogP contribution in [0.5, 0.6) is 0 Å². The van der Waals surface area contributed by atoms with Crippen molar-refractivity contribution >= 4 is 0 Å². The summed E-state index contributed by atoms with van der Waals surface area (Å²) in [5, 5.41) is 7.34. The SMILES string of the molecule is CCOC(c1noc(C2COCC2NC)n1)C1CC1. The summed E-state index contributed by atoms with van der Waals surface area (Å²) in [6.45, 7) is 4.00. The maximum atomic E-state index is 5.75. The molecule has 1 aromatic heterocycles. The van der Waals surface area contributed by atoms with Crippen LogP contribution in [0, 0.1) is 5.92 Å². The summed E-state index contributed by atoms with van der Waals surface area (Å²) in [4.78, 5) is 4.55. The molecule has 6 heteroatoms. The van der Waals surface area contributed by atoms with Gasteiger partial charge in [-0.3, -0.25) is 0 Å². The Morgan fingerprint density at radius 3 is 2.95 bits per heavy atom. The Morgan fingerprint density at radius 2 is 2.26 bits per heavy atom. The summed E-state index contributed by atoms with van der Waals surface area (Å²) in [7, 11) is 1.93. The second kappa shape index (κ2) is 5.56. The van der Waals surface area contributed by atoms with Crippen molar-refractivity contribution in [2.45, 2.75) is 37.8 Å². The van der Waals surface area contributed by atoms with Crippen molar-refractivity contribution in [1.82, 2.24) is 15.5 Å². The summed E-state index contributed by atoms with van der Waals surface area (Å²) in [5.74, 6) is 2.07. The summed E-state index contributed by atoms with van der Waals surface area (Å²) in [6, 6.07) is 0.250. The molecule has 106 valence electrons. The highest BCUT2D eigenvalue weighted by molar-refractivity contribution is 5.05. The molecule has 0 bridgehead atoms. The van der Waals surface area contributed by atoms with Crippen LogP contribution < -0.4 is 5.32 Å². The fraction of sp³-hybridized carbons (Fsp3) is 0.846. The first-order valence-corrected chi connectivity index (χ1v) is 7.03. The van der Waals surface area contributed by atoms with E-state index >= 15 is 0 Å². The van der Waals surface area contributed by atoms with Gasteiger partial charge in [-0.05, 0) is 32.7 Å². The molecule has 1 aliphatic carbocycles. The fourth-order valence-corrected chi connectivity index (χ4v) is 2.60. The van der Waals surface area contributed by atoms with Crippen LogP contribution in [0.2, 0.25) is 0 Å². The maximum absolute atomic E-state index is 5.75. The van der Waals surface area contributed by atoms with Gasteiger partial charge in [-0.15, -0.1) is 0 Å². The number of nitrogens with one attached hydrogen (secondary N) is 1. The molecule has 6 nitrogen and oxygen atoms in total. The molecule has 3 unspecified atom stereocenters. The number of hydrogen-bond acceptors (Lipinski definition) is 6. The van der Waals surface area contributed by atoms with Gasteiger partial charge < -0.3 is 19.3 Å². The Balaban J connectivity index is 1.74. The van der Waals surface area contributed by atoms with E-state index in [1.165, 1.54) is 12.8 Å². The molecule has 1 saturated heterocycles. The lowest BCUT2D eigenvalue weighted by atomic mass is 10.0. The van der Waals surface area contributed by atoms with E-state index in [1.807, 2.05) is 14.0 Å². The van der Waals surface area contributed by atoms with Gasteiger partial charge in [0.1, 0.15) is 6.10 Å². The number of rotatable bonds is 6. The van der Waals surface area contributed by atoms with Gasteiger partial charge in [0, 0.05) is 12.6 Å². The van der Waals surface area contributed by atoms with Crippen LogP contribution in [0.25, 0.3) is 0 Å². The molecule has 3 rings (SSSR count). The molecule has 0 aromatic carbocycles. The van der Waals surface area contributed by atoms with Crippen LogP contribution in [0.1, 0.15) is 43.5 Å². The van der Waals surface area contributed by atoms with E-state index in [1.54, 1.807) is 0 Å². The van der Waals surface area contributed by atoms with Crippen molar-refractivity contribution in [2.75, 3.05) is 26.9 Å². The van der Waals surface area contributed by atoms with E-state index in [0.717, 1.165) is 0 Å². The predicted octanol–water partition coefficient (Wildman–Crippen LogP) is 1.26. The number of aromatic nitrogens is 2. The largest absolute Gasteiger partial charge is 0.379 e. The van der Waals surface area contributed by atoms with Gasteiger partial charge in [0.05, 0.1) is 19.1 Å². The van der Waals surface area contributed by atoms with Crippen molar-refractivity contribution in [1.29, 1.82) is 0 Å². The lowest BCUT2D eigenvalue weighted by Gasteiger charge is -2.12. The average molecular weight is 267 g/mol. The maximum Gasteiger partial charge on any atom is 0.233 e. The van der Waals surface area contributed by atoms with Crippen LogP contribution >= 0.6 is 0 Å². The van der Waals surface area contributed by atoms with E-state index in [4.69, 9.17) is 14.0 Å². The molecule has 19 heavy (non-hydrogen) atoms. The Bertz CT molecular complexity index is 403. The molecule has 0 radical (unpaired) electrons. The van der Waals surface area contributed by atoms with Crippen molar-refractivity contribution in [2.24, 2.45) is 5.92 Å². The number of nitrogens with zero attached hydrogens (tertiary/aromatic N) is 2. The smallest absolute Gasteiger partial charge is 0.233 e. The lowest BCUT2D eigenvalue weighted by molar-refractivity contribution is 0.0384. The molecule has 1 saturated carbocycles. The molecule has 1 aliphatic heterocycles. The molecule has 0 amide bonds. The zero-order chi connectivity index (χ0) is 13.2. The highest BCUT2D eigenvalue weighted by Gasteiger charge is 2.38. The minimum absolute atomic E-state index is 0.00198. The Hall–Kier alpha value is -0.980. The quantitative estimate of drug-likeness (QED) is 0.836. The second-order valence-corrected chi connectivity index (χ2v) is 5.24.